The molecule has 1 aromatic rings. The molecule has 2 rings (SSSR count). The van der Waals surface area contributed by atoms with Gasteiger partial charge in [-0.25, -0.2) is 4.79 Å². The summed E-state index contributed by atoms with van der Waals surface area (Å²) >= 11 is 0. The van der Waals surface area contributed by atoms with Crippen LogP contribution in [-0.4, -0.2) is 18.3 Å². The van der Waals surface area contributed by atoms with Crippen molar-refractivity contribution in [2.75, 3.05) is 7.11 Å². The van der Waals surface area contributed by atoms with Crippen molar-refractivity contribution in [3.8, 4) is 11.5 Å². The average molecular weight is 219 g/mol. The maximum atomic E-state index is 10.4. The van der Waals surface area contributed by atoms with E-state index in [-0.39, 0.29) is 5.75 Å². The summed E-state index contributed by atoms with van der Waals surface area (Å²) in [5.74, 6) is 0.794. The van der Waals surface area contributed by atoms with Gasteiger partial charge in [-0.15, -0.1) is 0 Å². The van der Waals surface area contributed by atoms with E-state index in [1.54, 1.807) is 32.2 Å². The van der Waals surface area contributed by atoms with Crippen LogP contribution in [0.2, 0.25) is 0 Å². The number of aromatic hydroxyl groups is 1. The molecule has 1 saturated carbocycles. The monoisotopic (exact) mass is 219 g/mol. The van der Waals surface area contributed by atoms with Crippen molar-refractivity contribution in [3.05, 3.63) is 23.3 Å². The SMILES string of the molecule is COc1ccc(C2(N=C=O)CC2)c(O)c1C. The lowest BCUT2D eigenvalue weighted by atomic mass is 10.0. The Labute approximate surface area is 93.6 Å². The molecule has 0 bridgehead atoms. The largest absolute Gasteiger partial charge is 0.507 e. The molecule has 1 aromatic carbocycles. The van der Waals surface area contributed by atoms with Gasteiger partial charge in [0, 0.05) is 11.1 Å². The van der Waals surface area contributed by atoms with Crippen molar-refractivity contribution in [3.63, 3.8) is 0 Å². The number of benzene rings is 1. The predicted molar refractivity (Wildman–Crippen MR) is 58.4 cm³/mol. The minimum absolute atomic E-state index is 0.163. The van der Waals surface area contributed by atoms with Crippen molar-refractivity contribution < 1.29 is 14.6 Å². The first-order valence-corrected chi connectivity index (χ1v) is 5.11. The number of rotatable bonds is 3. The third kappa shape index (κ3) is 1.48. The first kappa shape index (κ1) is 10.7. The van der Waals surface area contributed by atoms with Crippen molar-refractivity contribution in [1.29, 1.82) is 0 Å². The minimum atomic E-state index is -0.539. The number of isocyanates is 1. The highest BCUT2D eigenvalue weighted by atomic mass is 16.5. The van der Waals surface area contributed by atoms with Crippen molar-refractivity contribution >= 4 is 6.08 Å². The predicted octanol–water partition coefficient (Wildman–Crippen LogP) is 2.03. The van der Waals surface area contributed by atoms with E-state index in [4.69, 9.17) is 4.74 Å². The Hall–Kier alpha value is -1.80. The molecule has 4 nitrogen and oxygen atoms in total. The number of phenols is 1. The highest BCUT2D eigenvalue weighted by molar-refractivity contribution is 5.54. The molecule has 0 heterocycles. The minimum Gasteiger partial charge on any atom is -0.507 e. The molecule has 0 spiro atoms. The molecule has 16 heavy (non-hydrogen) atoms. The molecule has 0 atom stereocenters. The molecular weight excluding hydrogens is 206 g/mol. The zero-order chi connectivity index (χ0) is 11.8. The fourth-order valence-corrected chi connectivity index (χ4v) is 1.93. The molecule has 0 aromatic heterocycles. The fourth-order valence-electron chi connectivity index (χ4n) is 1.93. The van der Waals surface area contributed by atoms with E-state index in [1.165, 1.54) is 0 Å². The number of ether oxygens (including phenoxy) is 1. The number of hydrogen-bond acceptors (Lipinski definition) is 4. The average Bonchev–Trinajstić information content (AvgIpc) is 3.03. The smallest absolute Gasteiger partial charge is 0.235 e. The molecular formula is C12H13NO3. The summed E-state index contributed by atoms with van der Waals surface area (Å²) in [6, 6.07) is 3.54. The molecule has 84 valence electrons. The first-order valence-electron chi connectivity index (χ1n) is 5.11. The highest BCUT2D eigenvalue weighted by Gasteiger charge is 2.47. The van der Waals surface area contributed by atoms with Gasteiger partial charge in [0.05, 0.1) is 7.11 Å². The molecule has 0 saturated heterocycles. The highest BCUT2D eigenvalue weighted by Crippen LogP contribution is 2.53. The zero-order valence-corrected chi connectivity index (χ0v) is 9.28. The number of hydrogen-bond donors (Lipinski definition) is 1. The summed E-state index contributed by atoms with van der Waals surface area (Å²) in [4.78, 5) is 14.1. The van der Waals surface area contributed by atoms with Crippen molar-refractivity contribution in [2.24, 2.45) is 4.99 Å². The number of phenolic OH excluding ortho intramolecular Hbond substituents is 1. The van der Waals surface area contributed by atoms with E-state index in [0.717, 1.165) is 12.8 Å². The Kier molecular flexibility index (Phi) is 2.44. The maximum Gasteiger partial charge on any atom is 0.235 e. The molecule has 0 amide bonds. The van der Waals surface area contributed by atoms with Gasteiger partial charge in [-0.3, -0.25) is 0 Å². The van der Waals surface area contributed by atoms with Crippen LogP contribution in [0.5, 0.6) is 11.5 Å². The lowest BCUT2D eigenvalue weighted by molar-refractivity contribution is 0.399. The third-order valence-electron chi connectivity index (χ3n) is 3.09. The van der Waals surface area contributed by atoms with Crippen molar-refractivity contribution in [1.82, 2.24) is 0 Å². The molecule has 1 aliphatic carbocycles. The normalized spacial score (nSPS) is 16.4. The molecule has 1 N–H and O–H groups in total. The van der Waals surface area contributed by atoms with E-state index in [2.05, 4.69) is 4.99 Å². The van der Waals surface area contributed by atoms with Gasteiger partial charge < -0.3 is 9.84 Å². The van der Waals surface area contributed by atoms with E-state index >= 15 is 0 Å². The Morgan fingerprint density at radius 3 is 2.69 bits per heavy atom. The summed E-state index contributed by atoms with van der Waals surface area (Å²) in [7, 11) is 1.55. The van der Waals surface area contributed by atoms with Crippen LogP contribution in [0.15, 0.2) is 17.1 Å². The van der Waals surface area contributed by atoms with E-state index in [9.17, 15) is 9.90 Å². The van der Waals surface area contributed by atoms with E-state index in [1.807, 2.05) is 0 Å². The van der Waals surface area contributed by atoms with Gasteiger partial charge in [0.1, 0.15) is 17.0 Å². The topological polar surface area (TPSA) is 58.9 Å². The van der Waals surface area contributed by atoms with Crippen LogP contribution >= 0.6 is 0 Å². The number of methoxy groups -OCH3 is 1. The van der Waals surface area contributed by atoms with Gasteiger partial charge in [-0.05, 0) is 31.9 Å². The van der Waals surface area contributed by atoms with Crippen LogP contribution in [0.3, 0.4) is 0 Å². The van der Waals surface area contributed by atoms with Crippen molar-refractivity contribution in [2.45, 2.75) is 25.3 Å². The summed E-state index contributed by atoms with van der Waals surface area (Å²) < 4.78 is 5.11. The Balaban J connectivity index is 2.52. The second-order valence-corrected chi connectivity index (χ2v) is 4.02. The quantitative estimate of drug-likeness (QED) is 0.625. The summed E-state index contributed by atoms with van der Waals surface area (Å²) in [5, 5.41) is 10.0. The van der Waals surface area contributed by atoms with Crippen LogP contribution < -0.4 is 4.74 Å². The van der Waals surface area contributed by atoms with Gasteiger partial charge in [0.2, 0.25) is 6.08 Å². The third-order valence-corrected chi connectivity index (χ3v) is 3.09. The summed E-state index contributed by atoms with van der Waals surface area (Å²) in [6.45, 7) is 1.78. The standard InChI is InChI=1S/C12H13NO3/c1-8-10(16-2)4-3-9(11(8)15)12(5-6-12)13-7-14/h3-4,15H,5-6H2,1-2H3. The van der Waals surface area contributed by atoms with Crippen LogP contribution in [-0.2, 0) is 10.3 Å². The first-order chi connectivity index (χ1) is 7.64. The fraction of sp³-hybridized carbons (Fsp3) is 0.417. The Morgan fingerprint density at radius 2 is 2.19 bits per heavy atom. The van der Waals surface area contributed by atoms with Gasteiger partial charge in [0.15, 0.2) is 0 Å². The second kappa shape index (κ2) is 3.65. The summed E-state index contributed by atoms with van der Waals surface area (Å²) in [5.41, 5.74) is 0.824. The number of carbonyl (C=O) groups excluding carboxylic acids is 1. The molecule has 1 fully saturated rings. The van der Waals surface area contributed by atoms with Gasteiger partial charge >= 0.3 is 0 Å². The van der Waals surface area contributed by atoms with E-state index in [0.29, 0.717) is 16.9 Å². The molecule has 0 unspecified atom stereocenters. The zero-order valence-electron chi connectivity index (χ0n) is 9.28. The number of aliphatic imine (C=N–C) groups is 1. The van der Waals surface area contributed by atoms with E-state index < -0.39 is 5.54 Å². The Bertz CT molecular complexity index is 471. The molecule has 4 heteroatoms. The summed E-state index contributed by atoms with van der Waals surface area (Å²) in [6.07, 6.45) is 3.14. The lowest BCUT2D eigenvalue weighted by Gasteiger charge is -2.14. The van der Waals surface area contributed by atoms with Crippen LogP contribution in [0.4, 0.5) is 0 Å². The molecule has 0 aliphatic heterocycles. The van der Waals surface area contributed by atoms with Gasteiger partial charge in [0.25, 0.3) is 0 Å². The number of nitrogens with zero attached hydrogens (tertiary/aromatic N) is 1. The Morgan fingerprint density at radius 1 is 1.50 bits per heavy atom. The van der Waals surface area contributed by atoms with Gasteiger partial charge in [-0.2, -0.15) is 4.99 Å². The van der Waals surface area contributed by atoms with Crippen LogP contribution in [0.1, 0.15) is 24.0 Å². The molecule has 1 aliphatic rings. The van der Waals surface area contributed by atoms with Crippen LogP contribution in [0.25, 0.3) is 0 Å². The molecule has 0 radical (unpaired) electrons. The lowest BCUT2D eigenvalue weighted by Crippen LogP contribution is -2.04. The second-order valence-electron chi connectivity index (χ2n) is 4.02. The van der Waals surface area contributed by atoms with Gasteiger partial charge in [-0.1, -0.05) is 0 Å². The van der Waals surface area contributed by atoms with Crippen LogP contribution in [0, 0.1) is 6.92 Å². The maximum absolute atomic E-state index is 10.4.